The predicted octanol–water partition coefficient (Wildman–Crippen LogP) is 0.887. The lowest BCUT2D eigenvalue weighted by Crippen LogP contribution is -2.36. The van der Waals surface area contributed by atoms with Gasteiger partial charge in [0.1, 0.15) is 0 Å². The maximum absolute atomic E-state index is 11.1. The first-order chi connectivity index (χ1) is 8.58. The van der Waals surface area contributed by atoms with Gasteiger partial charge in [-0.05, 0) is 26.9 Å². The Morgan fingerprint density at radius 1 is 1.37 bits per heavy atom. The quantitative estimate of drug-likeness (QED) is 0.236. The number of carbonyl (C=O) groups is 1. The van der Waals surface area contributed by atoms with E-state index in [-0.39, 0.29) is 12.2 Å². The van der Waals surface area contributed by atoms with Crippen LogP contribution in [-0.4, -0.2) is 50.3 Å². The third-order valence-corrected chi connectivity index (χ3v) is 2.57. The molecule has 0 aromatic carbocycles. The van der Waals surface area contributed by atoms with Gasteiger partial charge >= 0.3 is 5.97 Å². The second-order valence-electron chi connectivity index (χ2n) is 3.58. The first-order valence-corrected chi connectivity index (χ1v) is 7.04. The normalized spacial score (nSPS) is 12.4. The minimum absolute atomic E-state index is 0.167. The van der Waals surface area contributed by atoms with Gasteiger partial charge in [0.05, 0.1) is 7.11 Å². The minimum atomic E-state index is -4.41. The number of carbonyl (C=O) groups excluding carboxylic acids is 1. The Bertz CT molecular complexity index is 375. The molecule has 114 valence electrons. The van der Waals surface area contributed by atoms with Gasteiger partial charge in [-0.2, -0.15) is 0 Å². The maximum atomic E-state index is 11.1. The van der Waals surface area contributed by atoms with Gasteiger partial charge in [-0.15, -0.1) is 0 Å². The van der Waals surface area contributed by atoms with E-state index in [2.05, 4.69) is 15.7 Å². The third-order valence-electron chi connectivity index (χ3n) is 2.16. The highest BCUT2D eigenvalue weighted by Crippen LogP contribution is 2.03. The Morgan fingerprint density at radius 3 is 1.95 bits per heavy atom. The number of esters is 1. The molecule has 1 atom stereocenters. The van der Waals surface area contributed by atoms with Crippen molar-refractivity contribution in [2.24, 2.45) is 0 Å². The first kappa shape index (κ1) is 20.4. The molecule has 0 aliphatic rings. The summed E-state index contributed by atoms with van der Waals surface area (Å²) in [6.45, 7) is 12.9. The van der Waals surface area contributed by atoms with Crippen molar-refractivity contribution in [2.45, 2.75) is 33.9 Å². The summed E-state index contributed by atoms with van der Waals surface area (Å²) in [4.78, 5) is 13.2. The molecule has 0 aromatic rings. The van der Waals surface area contributed by atoms with E-state index >= 15 is 0 Å². The van der Waals surface area contributed by atoms with Gasteiger partial charge in [-0.3, -0.25) is 9.08 Å². The van der Waals surface area contributed by atoms with Crippen molar-refractivity contribution in [1.82, 2.24) is 4.90 Å². The van der Waals surface area contributed by atoms with Crippen LogP contribution in [-0.2, 0) is 24.1 Å². The molecule has 8 heteroatoms. The summed E-state index contributed by atoms with van der Waals surface area (Å²) < 4.78 is 36.2. The Kier molecular flexibility index (Phi) is 10.6. The summed E-state index contributed by atoms with van der Waals surface area (Å²) in [6, 6.07) is 0. The van der Waals surface area contributed by atoms with Crippen LogP contribution in [0.3, 0.4) is 0 Å². The van der Waals surface area contributed by atoms with Gasteiger partial charge in [0.2, 0.25) is 10.4 Å². The molecule has 0 spiro atoms. The van der Waals surface area contributed by atoms with E-state index in [1.165, 1.54) is 0 Å². The van der Waals surface area contributed by atoms with Crippen LogP contribution >= 0.6 is 0 Å². The number of ether oxygens (including phenoxy) is 1. The fraction of sp³-hybridized carbons (Fsp3) is 0.727. The van der Waals surface area contributed by atoms with Crippen molar-refractivity contribution in [1.29, 1.82) is 0 Å². The number of hydrogen-bond acceptors (Lipinski definition) is 7. The highest BCUT2D eigenvalue weighted by molar-refractivity contribution is 7.80. The van der Waals surface area contributed by atoms with E-state index in [4.69, 9.17) is 4.74 Å². The second kappa shape index (κ2) is 9.90. The van der Waals surface area contributed by atoms with Crippen LogP contribution in [0.4, 0.5) is 0 Å². The van der Waals surface area contributed by atoms with E-state index in [0.717, 1.165) is 20.2 Å². The molecule has 0 radical (unpaired) electrons. The predicted molar refractivity (Wildman–Crippen MR) is 70.0 cm³/mol. The van der Waals surface area contributed by atoms with Crippen molar-refractivity contribution >= 4 is 16.4 Å². The lowest BCUT2D eigenvalue weighted by atomic mass is 10.3. The Hall–Kier alpha value is -0.960. The molecular formula is C11H22NO6S-. The Labute approximate surface area is 115 Å². The zero-order valence-corrected chi connectivity index (χ0v) is 12.8. The lowest BCUT2D eigenvalue weighted by Gasteiger charge is -2.25. The average molecular weight is 296 g/mol. The van der Waals surface area contributed by atoms with Gasteiger partial charge in [0.25, 0.3) is 0 Å². The molecule has 0 bridgehead atoms. The first-order valence-electron chi connectivity index (χ1n) is 5.70. The van der Waals surface area contributed by atoms with Gasteiger partial charge in [0, 0.05) is 5.57 Å². The average Bonchev–Trinajstić information content (AvgIpc) is 2.30. The molecule has 0 fully saturated rings. The third kappa shape index (κ3) is 11.8. The molecule has 1 unspecified atom stereocenters. The van der Waals surface area contributed by atoms with Crippen molar-refractivity contribution in [3.63, 3.8) is 0 Å². The molecule has 0 aliphatic carbocycles. The molecule has 0 aromatic heterocycles. The van der Waals surface area contributed by atoms with Crippen LogP contribution in [0.2, 0.25) is 0 Å². The van der Waals surface area contributed by atoms with Crippen LogP contribution in [0.15, 0.2) is 12.2 Å². The molecule has 0 heterocycles. The molecule has 19 heavy (non-hydrogen) atoms. The molecule has 0 N–H and O–H groups in total. The van der Waals surface area contributed by atoms with Gasteiger partial charge in [-0.25, -0.2) is 13.2 Å². The van der Waals surface area contributed by atoms with Crippen molar-refractivity contribution in [2.75, 3.05) is 20.2 Å². The van der Waals surface area contributed by atoms with E-state index in [0.29, 0.717) is 5.57 Å². The summed E-state index contributed by atoms with van der Waals surface area (Å²) in [5.74, 6) is -0.320. The number of hydrogen-bond donors (Lipinski definition) is 0. The van der Waals surface area contributed by atoms with Gasteiger partial charge < -0.3 is 9.29 Å². The Balaban J connectivity index is 0. The van der Waals surface area contributed by atoms with Crippen LogP contribution in [0.25, 0.3) is 0 Å². The number of nitrogens with zero attached hydrogens (tertiary/aromatic N) is 1. The maximum Gasteiger partial charge on any atom is 0.334 e. The SMILES string of the molecule is C=C(C)C(=O)OC(C)N(CC)CC.COS(=O)(=O)[O-]. The highest BCUT2D eigenvalue weighted by atomic mass is 32.3. The van der Waals surface area contributed by atoms with E-state index in [9.17, 15) is 17.8 Å². The standard InChI is InChI=1S/C10H19NO2.CH4O4S/c1-6-11(7-2)9(5)13-10(12)8(3)4;1-5-6(2,3)4/h9H,3,6-7H2,1-2,4-5H3;1H3,(H,2,3,4)/p-1. The fourth-order valence-electron chi connectivity index (χ4n) is 1.07. The fourth-order valence-corrected chi connectivity index (χ4v) is 1.07. The van der Waals surface area contributed by atoms with Crippen LogP contribution in [0.1, 0.15) is 27.7 Å². The smallest absolute Gasteiger partial charge is 0.334 e. The molecule has 7 nitrogen and oxygen atoms in total. The topological polar surface area (TPSA) is 96.0 Å². The summed E-state index contributed by atoms with van der Waals surface area (Å²) in [7, 11) is -3.60. The van der Waals surface area contributed by atoms with Crippen molar-refractivity contribution < 1.29 is 26.7 Å². The molecular weight excluding hydrogens is 274 g/mol. The van der Waals surface area contributed by atoms with Crippen LogP contribution < -0.4 is 0 Å². The van der Waals surface area contributed by atoms with E-state index < -0.39 is 10.4 Å². The van der Waals surface area contributed by atoms with E-state index in [1.54, 1.807) is 6.92 Å². The summed E-state index contributed by atoms with van der Waals surface area (Å²) in [5.41, 5.74) is 0.444. The van der Waals surface area contributed by atoms with Crippen molar-refractivity contribution in [3.8, 4) is 0 Å². The molecule has 0 rings (SSSR count). The zero-order valence-electron chi connectivity index (χ0n) is 12.0. The van der Waals surface area contributed by atoms with Crippen molar-refractivity contribution in [3.05, 3.63) is 12.2 Å². The van der Waals surface area contributed by atoms with Gasteiger partial charge in [-0.1, -0.05) is 20.4 Å². The largest absolute Gasteiger partial charge is 0.726 e. The highest BCUT2D eigenvalue weighted by Gasteiger charge is 2.14. The molecule has 0 aliphatic heterocycles. The number of rotatable bonds is 6. The molecule has 0 saturated heterocycles. The summed E-state index contributed by atoms with van der Waals surface area (Å²) >= 11 is 0. The van der Waals surface area contributed by atoms with Gasteiger partial charge in [0.15, 0.2) is 6.23 Å². The lowest BCUT2D eigenvalue weighted by molar-refractivity contribution is -0.152. The minimum Gasteiger partial charge on any atom is -0.726 e. The summed E-state index contributed by atoms with van der Waals surface area (Å²) in [5, 5.41) is 0. The molecule has 0 amide bonds. The molecule has 0 saturated carbocycles. The summed E-state index contributed by atoms with van der Waals surface area (Å²) in [6.07, 6.45) is -0.167. The Morgan fingerprint density at radius 2 is 1.74 bits per heavy atom. The van der Waals surface area contributed by atoms with Crippen LogP contribution in [0.5, 0.6) is 0 Å². The van der Waals surface area contributed by atoms with E-state index in [1.807, 2.05) is 20.8 Å². The monoisotopic (exact) mass is 296 g/mol. The zero-order chi connectivity index (χ0) is 15.6. The van der Waals surface area contributed by atoms with Crippen LogP contribution in [0, 0.1) is 0 Å². The second-order valence-corrected chi connectivity index (χ2v) is 4.73.